The van der Waals surface area contributed by atoms with Crippen LogP contribution >= 0.6 is 0 Å². The van der Waals surface area contributed by atoms with Crippen molar-refractivity contribution in [2.75, 3.05) is 19.6 Å². The monoisotopic (exact) mass is 360 g/mol. The van der Waals surface area contributed by atoms with E-state index in [0.717, 1.165) is 12.0 Å². The maximum absolute atomic E-state index is 13.0. The number of nitrogens with zero attached hydrogens (tertiary/aromatic N) is 2. The van der Waals surface area contributed by atoms with Gasteiger partial charge in [0, 0.05) is 26.6 Å². The maximum atomic E-state index is 13.0. The molecule has 0 fully saturated rings. The lowest BCUT2D eigenvalue weighted by Gasteiger charge is -2.37. The Morgan fingerprint density at radius 1 is 1.04 bits per heavy atom. The molecule has 27 heavy (non-hydrogen) atoms. The van der Waals surface area contributed by atoms with Crippen LogP contribution in [0.25, 0.3) is 5.57 Å². The van der Waals surface area contributed by atoms with Crippen molar-refractivity contribution in [3.8, 4) is 0 Å². The van der Waals surface area contributed by atoms with Crippen molar-refractivity contribution in [2.24, 2.45) is 0 Å². The fourth-order valence-electron chi connectivity index (χ4n) is 4.15. The Balaban J connectivity index is 1.50. The molecule has 0 radical (unpaired) electrons. The van der Waals surface area contributed by atoms with E-state index in [4.69, 9.17) is 0 Å². The van der Waals surface area contributed by atoms with E-state index in [0.29, 0.717) is 26.1 Å². The molecule has 0 aromatic heterocycles. The van der Waals surface area contributed by atoms with Crippen molar-refractivity contribution < 1.29 is 9.59 Å². The van der Waals surface area contributed by atoms with Crippen LogP contribution in [-0.4, -0.2) is 41.2 Å². The standard InChI is InChI=1S/C23H24N2O2/c1-17(26)25-14-12-19-9-5-6-10-21(19)22(25)15-23(27)24-13-11-20(16-24)18-7-3-2-4-8-18/h2-11,22H,12-16H2,1H3. The second kappa shape index (κ2) is 7.39. The number of hydrogen-bond acceptors (Lipinski definition) is 2. The third-order valence-corrected chi connectivity index (χ3v) is 5.60. The minimum atomic E-state index is -0.166. The van der Waals surface area contributed by atoms with Crippen molar-refractivity contribution in [3.63, 3.8) is 0 Å². The Kier molecular flexibility index (Phi) is 4.80. The summed E-state index contributed by atoms with van der Waals surface area (Å²) in [6.07, 6.45) is 3.32. The average molecular weight is 360 g/mol. The molecule has 0 aliphatic carbocycles. The van der Waals surface area contributed by atoms with Crippen molar-refractivity contribution in [1.82, 2.24) is 9.80 Å². The topological polar surface area (TPSA) is 40.6 Å². The zero-order chi connectivity index (χ0) is 18.8. The third-order valence-electron chi connectivity index (χ3n) is 5.60. The molecule has 4 rings (SSSR count). The normalized spacial score (nSPS) is 18.9. The Morgan fingerprint density at radius 3 is 2.56 bits per heavy atom. The van der Waals surface area contributed by atoms with Gasteiger partial charge in [0.25, 0.3) is 0 Å². The lowest BCUT2D eigenvalue weighted by atomic mass is 9.90. The minimum Gasteiger partial charge on any atom is -0.335 e. The predicted octanol–water partition coefficient (Wildman–Crippen LogP) is 3.45. The van der Waals surface area contributed by atoms with E-state index in [1.54, 1.807) is 6.92 Å². The first-order valence-corrected chi connectivity index (χ1v) is 9.50. The summed E-state index contributed by atoms with van der Waals surface area (Å²) in [7, 11) is 0. The van der Waals surface area contributed by atoms with Gasteiger partial charge in [-0.05, 0) is 28.7 Å². The first-order valence-electron chi connectivity index (χ1n) is 9.50. The zero-order valence-corrected chi connectivity index (χ0v) is 15.6. The molecule has 0 spiro atoms. The molecule has 4 heteroatoms. The van der Waals surface area contributed by atoms with E-state index in [9.17, 15) is 9.59 Å². The highest BCUT2D eigenvalue weighted by Gasteiger charge is 2.32. The molecule has 0 N–H and O–H groups in total. The third kappa shape index (κ3) is 3.52. The quantitative estimate of drug-likeness (QED) is 0.841. The second-order valence-electron chi connectivity index (χ2n) is 7.25. The van der Waals surface area contributed by atoms with E-state index >= 15 is 0 Å². The van der Waals surface area contributed by atoms with Gasteiger partial charge in [0.1, 0.15) is 0 Å². The first-order chi connectivity index (χ1) is 13.1. The smallest absolute Gasteiger partial charge is 0.225 e. The fraction of sp³-hybridized carbons (Fsp3) is 0.304. The zero-order valence-electron chi connectivity index (χ0n) is 15.6. The number of amides is 2. The average Bonchev–Trinajstić information content (AvgIpc) is 3.19. The molecule has 1 unspecified atom stereocenters. The molecular formula is C23H24N2O2. The van der Waals surface area contributed by atoms with Crippen molar-refractivity contribution in [3.05, 3.63) is 77.4 Å². The van der Waals surface area contributed by atoms with Gasteiger partial charge in [0.05, 0.1) is 12.5 Å². The Hall–Kier alpha value is -2.88. The highest BCUT2D eigenvalue weighted by atomic mass is 16.2. The minimum absolute atomic E-state index is 0.0341. The van der Waals surface area contributed by atoms with E-state index in [1.807, 2.05) is 40.1 Å². The fourth-order valence-corrected chi connectivity index (χ4v) is 4.15. The van der Waals surface area contributed by atoms with Crippen LogP contribution in [-0.2, 0) is 16.0 Å². The largest absolute Gasteiger partial charge is 0.335 e. The van der Waals surface area contributed by atoms with Gasteiger partial charge < -0.3 is 9.80 Å². The highest BCUT2D eigenvalue weighted by Crippen LogP contribution is 2.33. The summed E-state index contributed by atoms with van der Waals surface area (Å²) in [6.45, 7) is 3.54. The van der Waals surface area contributed by atoms with Crippen molar-refractivity contribution >= 4 is 17.4 Å². The van der Waals surface area contributed by atoms with Gasteiger partial charge >= 0.3 is 0 Å². The van der Waals surface area contributed by atoms with E-state index < -0.39 is 0 Å². The Labute approximate surface area is 160 Å². The van der Waals surface area contributed by atoms with Crippen LogP contribution in [0.4, 0.5) is 0 Å². The van der Waals surface area contributed by atoms with Gasteiger partial charge in [-0.25, -0.2) is 0 Å². The molecule has 0 bridgehead atoms. The second-order valence-corrected chi connectivity index (χ2v) is 7.25. The van der Waals surface area contributed by atoms with E-state index in [-0.39, 0.29) is 17.9 Å². The molecule has 2 heterocycles. The molecule has 0 saturated carbocycles. The van der Waals surface area contributed by atoms with E-state index in [1.165, 1.54) is 16.7 Å². The molecular weight excluding hydrogens is 336 g/mol. The summed E-state index contributed by atoms with van der Waals surface area (Å²) in [5.74, 6) is 0.136. The Morgan fingerprint density at radius 2 is 1.78 bits per heavy atom. The van der Waals surface area contributed by atoms with Crippen LogP contribution in [0.3, 0.4) is 0 Å². The molecule has 2 aliphatic heterocycles. The number of carbonyl (C=O) groups is 2. The highest BCUT2D eigenvalue weighted by molar-refractivity contribution is 5.83. The van der Waals surface area contributed by atoms with Crippen LogP contribution in [0.5, 0.6) is 0 Å². The van der Waals surface area contributed by atoms with Crippen molar-refractivity contribution in [2.45, 2.75) is 25.8 Å². The van der Waals surface area contributed by atoms with Crippen LogP contribution in [0, 0.1) is 0 Å². The Bertz CT molecular complexity index is 888. The van der Waals surface area contributed by atoms with Gasteiger partial charge in [0.15, 0.2) is 0 Å². The van der Waals surface area contributed by atoms with Gasteiger partial charge in [0.2, 0.25) is 11.8 Å². The van der Waals surface area contributed by atoms with Crippen LogP contribution in [0.2, 0.25) is 0 Å². The van der Waals surface area contributed by atoms with Crippen LogP contribution < -0.4 is 0 Å². The molecule has 2 aromatic rings. The van der Waals surface area contributed by atoms with Crippen LogP contribution in [0.15, 0.2) is 60.7 Å². The predicted molar refractivity (Wildman–Crippen MR) is 106 cm³/mol. The molecule has 1 atom stereocenters. The summed E-state index contributed by atoms with van der Waals surface area (Å²) in [5, 5.41) is 0. The lowest BCUT2D eigenvalue weighted by molar-refractivity contribution is -0.136. The molecule has 138 valence electrons. The molecule has 2 amide bonds. The number of carbonyl (C=O) groups excluding carboxylic acids is 2. The molecule has 2 aromatic carbocycles. The SMILES string of the molecule is CC(=O)N1CCc2ccccc2C1CC(=O)N1CC=C(c2ccccc2)C1. The van der Waals surface area contributed by atoms with E-state index in [2.05, 4.69) is 30.3 Å². The maximum Gasteiger partial charge on any atom is 0.225 e. The van der Waals surface area contributed by atoms with Gasteiger partial charge in [-0.15, -0.1) is 0 Å². The van der Waals surface area contributed by atoms with Crippen LogP contribution in [0.1, 0.15) is 36.1 Å². The van der Waals surface area contributed by atoms with Gasteiger partial charge in [-0.2, -0.15) is 0 Å². The summed E-state index contributed by atoms with van der Waals surface area (Å²) in [5.41, 5.74) is 4.72. The number of rotatable bonds is 3. The number of hydrogen-bond donors (Lipinski definition) is 0. The van der Waals surface area contributed by atoms with Crippen molar-refractivity contribution in [1.29, 1.82) is 0 Å². The molecule has 0 saturated heterocycles. The van der Waals surface area contributed by atoms with Gasteiger partial charge in [-0.1, -0.05) is 60.7 Å². The summed E-state index contributed by atoms with van der Waals surface area (Å²) >= 11 is 0. The lowest BCUT2D eigenvalue weighted by Crippen LogP contribution is -2.41. The van der Waals surface area contributed by atoms with Gasteiger partial charge in [-0.3, -0.25) is 9.59 Å². The summed E-state index contributed by atoms with van der Waals surface area (Å²) in [6, 6.07) is 18.2. The first kappa shape index (κ1) is 17.5. The number of benzene rings is 2. The number of fused-ring (bicyclic) bond motifs is 1. The summed E-state index contributed by atoms with van der Waals surface area (Å²) in [4.78, 5) is 28.9. The molecule has 2 aliphatic rings. The summed E-state index contributed by atoms with van der Waals surface area (Å²) < 4.78 is 0. The molecule has 4 nitrogen and oxygen atoms in total.